The molecular weight excluding hydrogens is 254 g/mol. The van der Waals surface area contributed by atoms with E-state index in [9.17, 15) is 10.1 Å². The molecule has 1 N–H and O–H groups in total. The molecule has 0 spiro atoms. The van der Waals surface area contributed by atoms with Crippen molar-refractivity contribution in [3.05, 3.63) is 34.9 Å². The van der Waals surface area contributed by atoms with E-state index < -0.39 is 5.97 Å². The van der Waals surface area contributed by atoms with Crippen LogP contribution >= 0.6 is 0 Å². The topological polar surface area (TPSA) is 70.3 Å². The Balaban J connectivity index is 3.38. The second-order valence-electron chi connectivity index (χ2n) is 4.54. The van der Waals surface area contributed by atoms with Crippen molar-refractivity contribution < 1.29 is 14.6 Å². The van der Waals surface area contributed by atoms with Gasteiger partial charge in [0.25, 0.3) is 0 Å². The molecule has 106 valence electrons. The van der Waals surface area contributed by atoms with E-state index in [1.165, 1.54) is 6.92 Å². The molecule has 0 unspecified atom stereocenters. The fraction of sp³-hybridized carbons (Fsp3) is 0.375. The summed E-state index contributed by atoms with van der Waals surface area (Å²) in [6.07, 6.45) is 2.80. The summed E-state index contributed by atoms with van der Waals surface area (Å²) in [7, 11) is 1.59. The Morgan fingerprint density at radius 1 is 1.45 bits per heavy atom. The van der Waals surface area contributed by atoms with Crippen LogP contribution < -0.4 is 4.74 Å². The van der Waals surface area contributed by atoms with Gasteiger partial charge in [-0.3, -0.25) is 0 Å². The van der Waals surface area contributed by atoms with Crippen LogP contribution in [0.2, 0.25) is 0 Å². The first-order valence-corrected chi connectivity index (χ1v) is 6.56. The third-order valence-electron chi connectivity index (χ3n) is 3.19. The van der Waals surface area contributed by atoms with Gasteiger partial charge in [-0.15, -0.1) is 0 Å². The van der Waals surface area contributed by atoms with Crippen molar-refractivity contribution in [3.63, 3.8) is 0 Å². The lowest BCUT2D eigenvalue weighted by Gasteiger charge is -2.11. The highest BCUT2D eigenvalue weighted by atomic mass is 16.5. The van der Waals surface area contributed by atoms with Gasteiger partial charge >= 0.3 is 5.97 Å². The number of carboxylic acid groups (broad SMARTS) is 1. The first kappa shape index (κ1) is 15.8. The molecule has 0 heterocycles. The normalized spacial score (nSPS) is 11.5. The van der Waals surface area contributed by atoms with Crippen LogP contribution in [0.5, 0.6) is 5.75 Å². The Morgan fingerprint density at radius 2 is 2.15 bits per heavy atom. The van der Waals surface area contributed by atoms with Gasteiger partial charge in [0.2, 0.25) is 0 Å². The maximum atomic E-state index is 11.1. The van der Waals surface area contributed by atoms with Crippen molar-refractivity contribution in [1.82, 2.24) is 0 Å². The Hall–Kier alpha value is -2.28. The number of hydrogen-bond acceptors (Lipinski definition) is 3. The summed E-state index contributed by atoms with van der Waals surface area (Å²) in [6.45, 7) is 3.54. The summed E-state index contributed by atoms with van der Waals surface area (Å²) in [5.41, 5.74) is 1.91. The number of allylic oxidation sites excluding steroid dienone is 1. The minimum Gasteiger partial charge on any atom is -0.497 e. The van der Waals surface area contributed by atoms with E-state index in [0.29, 0.717) is 11.3 Å². The van der Waals surface area contributed by atoms with Crippen molar-refractivity contribution in [2.45, 2.75) is 33.1 Å². The van der Waals surface area contributed by atoms with E-state index in [4.69, 9.17) is 9.84 Å². The van der Waals surface area contributed by atoms with Crippen molar-refractivity contribution in [1.29, 1.82) is 5.26 Å². The molecular formula is C16H19NO3. The predicted octanol–water partition coefficient (Wildman–Crippen LogP) is 3.42. The fourth-order valence-corrected chi connectivity index (χ4v) is 1.97. The molecule has 0 aliphatic rings. The van der Waals surface area contributed by atoms with Gasteiger partial charge in [-0.25, -0.2) is 4.79 Å². The monoisotopic (exact) mass is 273 g/mol. The number of rotatable bonds is 6. The smallest absolute Gasteiger partial charge is 0.332 e. The third kappa shape index (κ3) is 3.61. The average molecular weight is 273 g/mol. The number of nitrogens with zero attached hydrogens (tertiary/aromatic N) is 1. The SMILES string of the molecule is CCCCc1cc(OC)ccc1C(C#N)=C(C)C(=O)O. The van der Waals surface area contributed by atoms with Crippen LogP contribution in [0.1, 0.15) is 37.8 Å². The second-order valence-corrected chi connectivity index (χ2v) is 4.54. The van der Waals surface area contributed by atoms with Crippen LogP contribution in [0, 0.1) is 11.3 Å². The molecule has 0 saturated heterocycles. The van der Waals surface area contributed by atoms with Crippen LogP contribution in [0.15, 0.2) is 23.8 Å². The minimum absolute atomic E-state index is 0.0652. The second kappa shape index (κ2) is 7.34. The maximum absolute atomic E-state index is 11.1. The molecule has 4 heteroatoms. The molecule has 0 aliphatic carbocycles. The molecule has 1 aromatic carbocycles. The van der Waals surface area contributed by atoms with Crippen molar-refractivity contribution >= 4 is 11.5 Å². The van der Waals surface area contributed by atoms with Crippen LogP contribution in [-0.4, -0.2) is 18.2 Å². The average Bonchev–Trinajstić information content (AvgIpc) is 2.46. The predicted molar refractivity (Wildman–Crippen MR) is 77.4 cm³/mol. The van der Waals surface area contributed by atoms with Crippen LogP contribution in [0.25, 0.3) is 5.57 Å². The standard InChI is InChI=1S/C16H19NO3/c1-4-5-6-12-9-13(20-3)7-8-14(12)15(10-17)11(2)16(18)19/h7-9H,4-6H2,1-3H3,(H,18,19). The minimum atomic E-state index is -1.07. The van der Waals surface area contributed by atoms with Crippen LogP contribution in [0.3, 0.4) is 0 Å². The fourth-order valence-electron chi connectivity index (χ4n) is 1.97. The van der Waals surface area contributed by atoms with E-state index >= 15 is 0 Å². The van der Waals surface area contributed by atoms with Crippen molar-refractivity contribution in [2.24, 2.45) is 0 Å². The highest BCUT2D eigenvalue weighted by Gasteiger charge is 2.15. The van der Waals surface area contributed by atoms with E-state index in [2.05, 4.69) is 6.92 Å². The van der Waals surface area contributed by atoms with Gasteiger partial charge in [-0.05, 0) is 49.1 Å². The number of aliphatic carboxylic acids is 1. The molecule has 4 nitrogen and oxygen atoms in total. The summed E-state index contributed by atoms with van der Waals surface area (Å²) in [6, 6.07) is 7.39. The van der Waals surface area contributed by atoms with E-state index in [0.717, 1.165) is 24.8 Å². The number of carboxylic acids is 1. The number of ether oxygens (including phenoxy) is 1. The quantitative estimate of drug-likeness (QED) is 0.637. The zero-order valence-electron chi connectivity index (χ0n) is 12.1. The molecule has 0 bridgehead atoms. The lowest BCUT2D eigenvalue weighted by Crippen LogP contribution is -2.02. The molecule has 0 fully saturated rings. The van der Waals surface area contributed by atoms with Gasteiger partial charge < -0.3 is 9.84 Å². The first-order valence-electron chi connectivity index (χ1n) is 6.56. The Labute approximate surface area is 119 Å². The lowest BCUT2D eigenvalue weighted by atomic mass is 9.93. The summed E-state index contributed by atoms with van der Waals surface area (Å²) in [5, 5.41) is 18.4. The van der Waals surface area contributed by atoms with Crippen LogP contribution in [0.4, 0.5) is 0 Å². The number of benzene rings is 1. The summed E-state index contributed by atoms with van der Waals surface area (Å²) < 4.78 is 5.20. The van der Waals surface area contributed by atoms with Gasteiger partial charge in [0.1, 0.15) is 11.8 Å². The molecule has 0 amide bonds. The maximum Gasteiger partial charge on any atom is 0.332 e. The zero-order valence-corrected chi connectivity index (χ0v) is 12.1. The number of aryl methyl sites for hydroxylation is 1. The number of unbranched alkanes of at least 4 members (excludes halogenated alkanes) is 1. The van der Waals surface area contributed by atoms with Gasteiger partial charge in [-0.1, -0.05) is 13.3 Å². The van der Waals surface area contributed by atoms with Crippen LogP contribution in [-0.2, 0) is 11.2 Å². The number of carbonyl (C=O) groups is 1. The van der Waals surface area contributed by atoms with Gasteiger partial charge in [-0.2, -0.15) is 5.26 Å². The van der Waals surface area contributed by atoms with E-state index in [1.54, 1.807) is 19.2 Å². The summed E-state index contributed by atoms with van der Waals surface area (Å²) in [4.78, 5) is 11.1. The van der Waals surface area contributed by atoms with Gasteiger partial charge in [0.15, 0.2) is 0 Å². The largest absolute Gasteiger partial charge is 0.497 e. The molecule has 1 rings (SSSR count). The van der Waals surface area contributed by atoms with E-state index in [1.807, 2.05) is 12.1 Å². The molecule has 0 atom stereocenters. The lowest BCUT2D eigenvalue weighted by molar-refractivity contribution is -0.132. The number of hydrogen-bond donors (Lipinski definition) is 1. The highest BCUT2D eigenvalue weighted by Crippen LogP contribution is 2.27. The van der Waals surface area contributed by atoms with Crippen molar-refractivity contribution in [2.75, 3.05) is 7.11 Å². The molecule has 0 radical (unpaired) electrons. The summed E-state index contributed by atoms with van der Waals surface area (Å²) in [5.74, 6) is -0.357. The molecule has 0 aromatic heterocycles. The van der Waals surface area contributed by atoms with Crippen molar-refractivity contribution in [3.8, 4) is 11.8 Å². The zero-order chi connectivity index (χ0) is 15.1. The Kier molecular flexibility index (Phi) is 5.79. The highest BCUT2D eigenvalue weighted by molar-refractivity contribution is 6.00. The van der Waals surface area contributed by atoms with Gasteiger partial charge in [0, 0.05) is 0 Å². The first-order chi connectivity index (χ1) is 9.54. The number of nitriles is 1. The molecule has 0 aliphatic heterocycles. The summed E-state index contributed by atoms with van der Waals surface area (Å²) >= 11 is 0. The molecule has 1 aromatic rings. The van der Waals surface area contributed by atoms with E-state index in [-0.39, 0.29) is 11.1 Å². The molecule has 20 heavy (non-hydrogen) atoms. The Morgan fingerprint density at radius 3 is 2.65 bits per heavy atom. The third-order valence-corrected chi connectivity index (χ3v) is 3.19. The molecule has 0 saturated carbocycles. The van der Waals surface area contributed by atoms with Gasteiger partial charge in [0.05, 0.1) is 18.3 Å². The Bertz CT molecular complexity index is 568. The number of methoxy groups -OCH3 is 1.